The van der Waals surface area contributed by atoms with Crippen LogP contribution in [0.25, 0.3) is 16.7 Å². The molecule has 110 valence electrons. The van der Waals surface area contributed by atoms with Crippen LogP contribution in [0.4, 0.5) is 0 Å². The van der Waals surface area contributed by atoms with Gasteiger partial charge in [-0.05, 0) is 24.6 Å². The zero-order chi connectivity index (χ0) is 15.0. The molecule has 6 heteroatoms. The van der Waals surface area contributed by atoms with Gasteiger partial charge in [-0.25, -0.2) is 4.98 Å². The van der Waals surface area contributed by atoms with E-state index in [-0.39, 0.29) is 0 Å². The van der Waals surface area contributed by atoms with E-state index >= 15 is 0 Å². The van der Waals surface area contributed by atoms with Crippen LogP contribution < -0.4 is 0 Å². The fourth-order valence-corrected chi connectivity index (χ4v) is 3.10. The maximum Gasteiger partial charge on any atom is 0.115 e. The standard InChI is InChI=1S/C15H16BrClN4/c1-3-11-14(9-20(2)19-11)21-13-5-4-10(16)8-12(13)18-15(21)6-7-17/h4-5,8-9H,3,6-7H2,1-2H3. The third-order valence-corrected chi connectivity index (χ3v) is 4.15. The molecule has 0 amide bonds. The lowest BCUT2D eigenvalue weighted by Crippen LogP contribution is -2.03. The number of imidazole rings is 1. The molecular weight excluding hydrogens is 352 g/mol. The highest BCUT2D eigenvalue weighted by Gasteiger charge is 2.16. The zero-order valence-corrected chi connectivity index (χ0v) is 14.3. The van der Waals surface area contributed by atoms with Crippen LogP contribution in [0.2, 0.25) is 0 Å². The van der Waals surface area contributed by atoms with E-state index in [9.17, 15) is 0 Å². The van der Waals surface area contributed by atoms with E-state index in [0.29, 0.717) is 5.88 Å². The largest absolute Gasteiger partial charge is 0.293 e. The molecule has 3 rings (SSSR count). The number of fused-ring (bicyclic) bond motifs is 1. The summed E-state index contributed by atoms with van der Waals surface area (Å²) < 4.78 is 5.05. The molecule has 0 unspecified atom stereocenters. The van der Waals surface area contributed by atoms with E-state index in [4.69, 9.17) is 16.6 Å². The Balaban J connectivity index is 2.30. The number of halogens is 2. The Morgan fingerprint density at radius 2 is 2.14 bits per heavy atom. The summed E-state index contributed by atoms with van der Waals surface area (Å²) in [6.07, 6.45) is 3.65. The first-order chi connectivity index (χ1) is 10.1. The van der Waals surface area contributed by atoms with Crippen molar-refractivity contribution in [2.75, 3.05) is 5.88 Å². The van der Waals surface area contributed by atoms with Crippen molar-refractivity contribution in [3.8, 4) is 5.69 Å². The molecule has 0 saturated heterocycles. The van der Waals surface area contributed by atoms with Gasteiger partial charge in [-0.1, -0.05) is 22.9 Å². The van der Waals surface area contributed by atoms with Gasteiger partial charge in [-0.2, -0.15) is 5.10 Å². The third kappa shape index (κ3) is 2.60. The van der Waals surface area contributed by atoms with Crippen LogP contribution in [0.3, 0.4) is 0 Å². The molecule has 4 nitrogen and oxygen atoms in total. The Hall–Kier alpha value is -1.33. The molecule has 1 aromatic carbocycles. The van der Waals surface area contributed by atoms with Crippen LogP contribution in [0.15, 0.2) is 28.9 Å². The van der Waals surface area contributed by atoms with Crippen molar-refractivity contribution in [2.45, 2.75) is 19.8 Å². The van der Waals surface area contributed by atoms with Crippen molar-refractivity contribution in [3.05, 3.63) is 40.4 Å². The number of alkyl halides is 1. The fourth-order valence-electron chi connectivity index (χ4n) is 2.58. The van der Waals surface area contributed by atoms with Crippen molar-refractivity contribution < 1.29 is 0 Å². The quantitative estimate of drug-likeness (QED) is 0.656. The summed E-state index contributed by atoms with van der Waals surface area (Å²) in [6.45, 7) is 2.11. The van der Waals surface area contributed by atoms with Gasteiger partial charge in [-0.15, -0.1) is 11.6 Å². The first-order valence-electron chi connectivity index (χ1n) is 6.89. The summed E-state index contributed by atoms with van der Waals surface area (Å²) in [4.78, 5) is 4.74. The van der Waals surface area contributed by atoms with Gasteiger partial charge in [0, 0.05) is 30.0 Å². The number of aryl methyl sites for hydroxylation is 3. The van der Waals surface area contributed by atoms with Crippen molar-refractivity contribution in [1.29, 1.82) is 0 Å². The fraction of sp³-hybridized carbons (Fsp3) is 0.333. The van der Waals surface area contributed by atoms with Crippen molar-refractivity contribution >= 4 is 38.6 Å². The highest BCUT2D eigenvalue weighted by molar-refractivity contribution is 9.10. The number of aromatic nitrogens is 4. The van der Waals surface area contributed by atoms with Crippen LogP contribution in [0.1, 0.15) is 18.4 Å². The van der Waals surface area contributed by atoms with Crippen LogP contribution >= 0.6 is 27.5 Å². The minimum atomic E-state index is 0.548. The summed E-state index contributed by atoms with van der Waals surface area (Å²) in [5, 5.41) is 4.54. The second kappa shape index (κ2) is 5.81. The van der Waals surface area contributed by atoms with E-state index in [0.717, 1.165) is 45.6 Å². The second-order valence-corrected chi connectivity index (χ2v) is 6.22. The number of hydrogen-bond donors (Lipinski definition) is 0. The van der Waals surface area contributed by atoms with Gasteiger partial charge in [0.2, 0.25) is 0 Å². The molecule has 2 heterocycles. The Morgan fingerprint density at radius 1 is 1.33 bits per heavy atom. The topological polar surface area (TPSA) is 35.6 Å². The van der Waals surface area contributed by atoms with Crippen LogP contribution in [-0.2, 0) is 19.9 Å². The molecule has 0 fully saturated rings. The van der Waals surface area contributed by atoms with Crippen molar-refractivity contribution in [3.63, 3.8) is 0 Å². The van der Waals surface area contributed by atoms with E-state index in [2.05, 4.69) is 38.6 Å². The van der Waals surface area contributed by atoms with Gasteiger partial charge in [0.25, 0.3) is 0 Å². The maximum atomic E-state index is 5.95. The molecule has 0 aliphatic rings. The van der Waals surface area contributed by atoms with Gasteiger partial charge in [-0.3, -0.25) is 9.25 Å². The lowest BCUT2D eigenvalue weighted by molar-refractivity contribution is 0.746. The minimum absolute atomic E-state index is 0.548. The molecule has 3 aromatic rings. The number of rotatable bonds is 4. The number of benzene rings is 1. The summed E-state index contributed by atoms with van der Waals surface area (Å²) >= 11 is 9.45. The molecule has 21 heavy (non-hydrogen) atoms. The maximum absolute atomic E-state index is 5.95. The van der Waals surface area contributed by atoms with Crippen LogP contribution in [-0.4, -0.2) is 25.2 Å². The van der Waals surface area contributed by atoms with Gasteiger partial charge < -0.3 is 0 Å². The molecule has 2 aromatic heterocycles. The predicted octanol–water partition coefficient (Wildman–Crippen LogP) is 3.87. The second-order valence-electron chi connectivity index (χ2n) is 4.92. The average Bonchev–Trinajstić information content (AvgIpc) is 2.98. The van der Waals surface area contributed by atoms with Crippen molar-refractivity contribution in [1.82, 2.24) is 19.3 Å². The summed E-state index contributed by atoms with van der Waals surface area (Å²) in [7, 11) is 1.94. The number of hydrogen-bond acceptors (Lipinski definition) is 2. The molecule has 0 saturated carbocycles. The van der Waals surface area contributed by atoms with E-state index in [1.807, 2.05) is 30.1 Å². The van der Waals surface area contributed by atoms with Gasteiger partial charge >= 0.3 is 0 Å². The highest BCUT2D eigenvalue weighted by atomic mass is 79.9. The Bertz CT molecular complexity index is 790. The minimum Gasteiger partial charge on any atom is -0.293 e. The Morgan fingerprint density at radius 3 is 2.86 bits per heavy atom. The monoisotopic (exact) mass is 366 g/mol. The van der Waals surface area contributed by atoms with E-state index in [1.165, 1.54) is 0 Å². The third-order valence-electron chi connectivity index (χ3n) is 3.46. The smallest absolute Gasteiger partial charge is 0.115 e. The first kappa shape index (κ1) is 14.6. The summed E-state index contributed by atoms with van der Waals surface area (Å²) in [5.74, 6) is 1.52. The molecule has 0 radical (unpaired) electrons. The lowest BCUT2D eigenvalue weighted by atomic mass is 10.2. The van der Waals surface area contributed by atoms with E-state index in [1.54, 1.807) is 0 Å². The van der Waals surface area contributed by atoms with E-state index < -0.39 is 0 Å². The number of nitrogens with zero attached hydrogens (tertiary/aromatic N) is 4. The predicted molar refractivity (Wildman–Crippen MR) is 89.3 cm³/mol. The molecule has 0 spiro atoms. The van der Waals surface area contributed by atoms with Crippen LogP contribution in [0.5, 0.6) is 0 Å². The Labute approximate surface area is 136 Å². The molecular formula is C15H16BrClN4. The van der Waals surface area contributed by atoms with Crippen LogP contribution in [0, 0.1) is 0 Å². The molecule has 0 aliphatic carbocycles. The molecule has 0 aliphatic heterocycles. The van der Waals surface area contributed by atoms with Gasteiger partial charge in [0.05, 0.1) is 22.4 Å². The van der Waals surface area contributed by atoms with Crippen molar-refractivity contribution in [2.24, 2.45) is 7.05 Å². The highest BCUT2D eigenvalue weighted by Crippen LogP contribution is 2.26. The average molecular weight is 368 g/mol. The molecule has 0 bridgehead atoms. The van der Waals surface area contributed by atoms with Gasteiger partial charge in [0.15, 0.2) is 0 Å². The summed E-state index contributed by atoms with van der Waals surface area (Å²) in [5.41, 5.74) is 4.21. The molecule has 0 N–H and O–H groups in total. The molecule has 0 atom stereocenters. The lowest BCUT2D eigenvalue weighted by Gasteiger charge is -2.07. The Kier molecular flexibility index (Phi) is 4.04. The zero-order valence-electron chi connectivity index (χ0n) is 12.0. The SMILES string of the molecule is CCc1nn(C)cc1-n1c(CCCl)nc2cc(Br)ccc21. The summed E-state index contributed by atoms with van der Waals surface area (Å²) in [6, 6.07) is 6.15. The normalized spacial score (nSPS) is 11.4. The van der Waals surface area contributed by atoms with Gasteiger partial charge in [0.1, 0.15) is 5.82 Å². The first-order valence-corrected chi connectivity index (χ1v) is 8.22.